The summed E-state index contributed by atoms with van der Waals surface area (Å²) in [5.74, 6) is 1.02. The second kappa shape index (κ2) is 5.66. The van der Waals surface area contributed by atoms with E-state index >= 15 is 0 Å². The summed E-state index contributed by atoms with van der Waals surface area (Å²) in [5, 5.41) is 14.8. The predicted molar refractivity (Wildman–Crippen MR) is 74.5 cm³/mol. The third kappa shape index (κ3) is 3.38. The summed E-state index contributed by atoms with van der Waals surface area (Å²) in [7, 11) is 0. The van der Waals surface area contributed by atoms with E-state index in [0.29, 0.717) is 11.7 Å². The molecule has 3 rings (SSSR count). The van der Waals surface area contributed by atoms with Crippen LogP contribution < -0.4 is 5.32 Å². The first-order valence-corrected chi connectivity index (χ1v) is 7.15. The molecule has 2 aromatic heterocycles. The van der Waals surface area contributed by atoms with Gasteiger partial charge in [0.25, 0.3) is 0 Å². The molecule has 7 nitrogen and oxygen atoms in total. The Morgan fingerprint density at radius 3 is 3.05 bits per heavy atom. The van der Waals surface area contributed by atoms with E-state index in [-0.39, 0.29) is 12.5 Å². The molecule has 1 aliphatic carbocycles. The first-order chi connectivity index (χ1) is 9.70. The first kappa shape index (κ1) is 13.2. The van der Waals surface area contributed by atoms with Gasteiger partial charge in [0, 0.05) is 29.0 Å². The number of carbonyl (C=O) groups is 1. The largest absolute Gasteiger partial charge is 0.354 e. The molecule has 0 saturated heterocycles. The van der Waals surface area contributed by atoms with Gasteiger partial charge < -0.3 is 5.32 Å². The molecule has 0 aromatic carbocycles. The van der Waals surface area contributed by atoms with Crippen LogP contribution in [-0.4, -0.2) is 37.6 Å². The minimum Gasteiger partial charge on any atom is -0.354 e. The van der Waals surface area contributed by atoms with Gasteiger partial charge in [-0.15, -0.1) is 10.2 Å². The van der Waals surface area contributed by atoms with E-state index in [1.54, 1.807) is 12.4 Å². The van der Waals surface area contributed by atoms with E-state index in [1.165, 1.54) is 17.6 Å². The Hall–Kier alpha value is -1.83. The Balaban J connectivity index is 1.62. The quantitative estimate of drug-likeness (QED) is 0.881. The molecular weight excluding hydrogens is 324 g/mol. The number of hydrogen-bond donors (Lipinski definition) is 1. The summed E-state index contributed by atoms with van der Waals surface area (Å²) in [5.41, 5.74) is 0.754. The van der Waals surface area contributed by atoms with Crippen molar-refractivity contribution in [1.29, 1.82) is 0 Å². The van der Waals surface area contributed by atoms with Crippen LogP contribution in [-0.2, 0) is 11.3 Å². The highest BCUT2D eigenvalue weighted by Crippen LogP contribution is 2.27. The molecule has 1 amide bonds. The number of aromatic nitrogens is 5. The van der Waals surface area contributed by atoms with Crippen LogP contribution in [0.5, 0.6) is 0 Å². The summed E-state index contributed by atoms with van der Waals surface area (Å²) in [6.45, 7) is 0.830. The van der Waals surface area contributed by atoms with Crippen LogP contribution in [0.2, 0.25) is 0 Å². The lowest BCUT2D eigenvalue weighted by Gasteiger charge is -2.02. The lowest BCUT2D eigenvalue weighted by molar-refractivity contribution is -0.122. The molecule has 1 aliphatic rings. The third-order valence-corrected chi connectivity index (χ3v) is 3.42. The summed E-state index contributed by atoms with van der Waals surface area (Å²) in [4.78, 5) is 17.0. The number of hydrogen-bond acceptors (Lipinski definition) is 5. The van der Waals surface area contributed by atoms with Crippen molar-refractivity contribution in [3.05, 3.63) is 22.9 Å². The number of halogens is 1. The van der Waals surface area contributed by atoms with Gasteiger partial charge in [-0.2, -0.15) is 4.80 Å². The molecule has 1 saturated carbocycles. The molecule has 0 spiro atoms. The summed E-state index contributed by atoms with van der Waals surface area (Å²) < 4.78 is 0.841. The fraction of sp³-hybridized carbons (Fsp3) is 0.417. The van der Waals surface area contributed by atoms with Gasteiger partial charge in [0.1, 0.15) is 6.54 Å². The molecule has 0 radical (unpaired) electrons. The second-order valence-electron chi connectivity index (χ2n) is 4.78. The maximum Gasteiger partial charge on any atom is 0.243 e. The van der Waals surface area contributed by atoms with Gasteiger partial charge in [0.05, 0.1) is 0 Å². The minimum atomic E-state index is -0.0896. The first-order valence-electron chi connectivity index (χ1n) is 6.36. The highest BCUT2D eigenvalue weighted by molar-refractivity contribution is 9.10. The van der Waals surface area contributed by atoms with Gasteiger partial charge in [0.2, 0.25) is 11.7 Å². The molecule has 104 valence electrons. The van der Waals surface area contributed by atoms with Crippen molar-refractivity contribution in [3.8, 4) is 11.4 Å². The molecule has 1 N–H and O–H groups in total. The number of tetrazole rings is 1. The molecule has 8 heteroatoms. The normalized spacial score (nSPS) is 14.2. The van der Waals surface area contributed by atoms with Crippen molar-refractivity contribution in [1.82, 2.24) is 30.5 Å². The lowest BCUT2D eigenvalue weighted by atomic mass is 10.3. The summed E-state index contributed by atoms with van der Waals surface area (Å²) >= 11 is 3.34. The fourth-order valence-electron chi connectivity index (χ4n) is 1.72. The van der Waals surface area contributed by atoms with E-state index in [2.05, 4.69) is 41.6 Å². The maximum absolute atomic E-state index is 11.7. The van der Waals surface area contributed by atoms with Crippen molar-refractivity contribution in [2.45, 2.75) is 19.4 Å². The standard InChI is InChI=1S/C12H13BrN6O/c13-10-3-9(5-14-6-10)12-16-18-19(17-12)7-11(20)15-4-8-1-2-8/h3,5-6,8H,1-2,4,7H2,(H,15,20). The Bertz CT molecular complexity index is 624. The van der Waals surface area contributed by atoms with Crippen LogP contribution in [0.3, 0.4) is 0 Å². The Morgan fingerprint density at radius 2 is 2.30 bits per heavy atom. The zero-order valence-electron chi connectivity index (χ0n) is 10.7. The van der Waals surface area contributed by atoms with Crippen LogP contribution >= 0.6 is 15.9 Å². The van der Waals surface area contributed by atoms with Crippen molar-refractivity contribution in [2.75, 3.05) is 6.54 Å². The van der Waals surface area contributed by atoms with Crippen molar-refractivity contribution in [2.24, 2.45) is 5.92 Å². The van der Waals surface area contributed by atoms with Gasteiger partial charge in [-0.3, -0.25) is 9.78 Å². The van der Waals surface area contributed by atoms with Crippen LogP contribution in [0.1, 0.15) is 12.8 Å². The zero-order valence-corrected chi connectivity index (χ0v) is 12.2. The Labute approximate surface area is 123 Å². The van der Waals surface area contributed by atoms with E-state index in [1.807, 2.05) is 6.07 Å². The van der Waals surface area contributed by atoms with Gasteiger partial charge in [-0.05, 0) is 46.0 Å². The van der Waals surface area contributed by atoms with Gasteiger partial charge >= 0.3 is 0 Å². The molecule has 0 aliphatic heterocycles. The highest BCUT2D eigenvalue weighted by atomic mass is 79.9. The van der Waals surface area contributed by atoms with E-state index in [4.69, 9.17) is 0 Å². The van der Waals surface area contributed by atoms with Crippen LogP contribution in [0, 0.1) is 5.92 Å². The van der Waals surface area contributed by atoms with Gasteiger partial charge in [-0.25, -0.2) is 0 Å². The van der Waals surface area contributed by atoms with Gasteiger partial charge in [0.15, 0.2) is 0 Å². The molecular formula is C12H13BrN6O. The average molecular weight is 337 g/mol. The topological polar surface area (TPSA) is 85.6 Å². The predicted octanol–water partition coefficient (Wildman–Crippen LogP) is 1.02. The van der Waals surface area contributed by atoms with Crippen LogP contribution in [0.15, 0.2) is 22.9 Å². The summed E-state index contributed by atoms with van der Waals surface area (Å²) in [6, 6.07) is 1.85. The van der Waals surface area contributed by atoms with E-state index < -0.39 is 0 Å². The van der Waals surface area contributed by atoms with Crippen molar-refractivity contribution in [3.63, 3.8) is 0 Å². The van der Waals surface area contributed by atoms with Crippen molar-refractivity contribution >= 4 is 21.8 Å². The van der Waals surface area contributed by atoms with E-state index in [9.17, 15) is 4.79 Å². The van der Waals surface area contributed by atoms with Gasteiger partial charge in [-0.1, -0.05) is 0 Å². The smallest absolute Gasteiger partial charge is 0.243 e. The number of rotatable bonds is 5. The minimum absolute atomic E-state index is 0.0845. The fourth-order valence-corrected chi connectivity index (χ4v) is 2.09. The molecule has 1 fully saturated rings. The van der Waals surface area contributed by atoms with Crippen LogP contribution in [0.4, 0.5) is 0 Å². The Morgan fingerprint density at radius 1 is 1.45 bits per heavy atom. The Kier molecular flexibility index (Phi) is 3.72. The number of carbonyl (C=O) groups excluding carboxylic acids is 1. The molecule has 0 unspecified atom stereocenters. The van der Waals surface area contributed by atoms with Crippen LogP contribution in [0.25, 0.3) is 11.4 Å². The SMILES string of the molecule is O=C(Cn1nnc(-c2cncc(Br)c2)n1)NCC1CC1. The van der Waals surface area contributed by atoms with Crippen molar-refractivity contribution < 1.29 is 4.79 Å². The molecule has 0 bridgehead atoms. The lowest BCUT2D eigenvalue weighted by Crippen LogP contribution is -2.30. The molecule has 20 heavy (non-hydrogen) atoms. The monoisotopic (exact) mass is 336 g/mol. The summed E-state index contributed by atoms with van der Waals surface area (Å²) in [6.07, 6.45) is 5.75. The van der Waals surface area contributed by atoms with E-state index in [0.717, 1.165) is 16.6 Å². The molecule has 2 aromatic rings. The number of nitrogens with zero attached hydrogens (tertiary/aromatic N) is 5. The maximum atomic E-state index is 11.7. The number of nitrogens with one attached hydrogen (secondary N) is 1. The highest BCUT2D eigenvalue weighted by Gasteiger charge is 2.21. The third-order valence-electron chi connectivity index (χ3n) is 2.99. The second-order valence-corrected chi connectivity index (χ2v) is 5.70. The molecule has 2 heterocycles. The zero-order chi connectivity index (χ0) is 13.9. The number of pyridine rings is 1. The number of amides is 1. The molecule has 0 atom stereocenters. The average Bonchev–Trinajstić information content (AvgIpc) is 3.15.